The lowest BCUT2D eigenvalue weighted by atomic mass is 10.2. The van der Waals surface area contributed by atoms with E-state index in [1.807, 2.05) is 12.1 Å². The van der Waals surface area contributed by atoms with Gasteiger partial charge in [-0.3, -0.25) is 4.90 Å². The molecule has 2 heterocycles. The van der Waals surface area contributed by atoms with Crippen molar-refractivity contribution in [1.29, 1.82) is 0 Å². The molecule has 5 nitrogen and oxygen atoms in total. The van der Waals surface area contributed by atoms with Crippen molar-refractivity contribution < 1.29 is 9.47 Å². The highest BCUT2D eigenvalue weighted by molar-refractivity contribution is 5.42. The van der Waals surface area contributed by atoms with E-state index in [2.05, 4.69) is 22.1 Å². The number of aromatic nitrogens is 1. The third-order valence-electron chi connectivity index (χ3n) is 3.15. The number of hydrogen-bond donors (Lipinski definition) is 1. The molecular weight excluding hydrogens is 230 g/mol. The van der Waals surface area contributed by atoms with E-state index in [4.69, 9.17) is 9.47 Å². The Kier molecular flexibility index (Phi) is 4.78. The van der Waals surface area contributed by atoms with Gasteiger partial charge >= 0.3 is 0 Å². The summed E-state index contributed by atoms with van der Waals surface area (Å²) < 4.78 is 10.7. The first-order valence-electron chi connectivity index (χ1n) is 6.39. The second-order valence-electron chi connectivity index (χ2n) is 4.36. The summed E-state index contributed by atoms with van der Waals surface area (Å²) >= 11 is 0. The molecule has 1 atom stereocenters. The molecule has 1 unspecified atom stereocenters. The summed E-state index contributed by atoms with van der Waals surface area (Å²) in [5.74, 6) is 0.631. The molecule has 5 heteroatoms. The van der Waals surface area contributed by atoms with Crippen molar-refractivity contribution in [2.75, 3.05) is 45.2 Å². The van der Waals surface area contributed by atoms with E-state index < -0.39 is 0 Å². The van der Waals surface area contributed by atoms with Crippen LogP contribution in [0.15, 0.2) is 18.3 Å². The van der Waals surface area contributed by atoms with Crippen LogP contribution in [-0.2, 0) is 4.74 Å². The van der Waals surface area contributed by atoms with Gasteiger partial charge in [-0.25, -0.2) is 4.98 Å². The monoisotopic (exact) mass is 251 g/mol. The molecule has 18 heavy (non-hydrogen) atoms. The van der Waals surface area contributed by atoms with Crippen molar-refractivity contribution in [2.45, 2.75) is 13.0 Å². The lowest BCUT2D eigenvalue weighted by Gasteiger charge is -2.32. The minimum absolute atomic E-state index is 0.251. The zero-order valence-electron chi connectivity index (χ0n) is 11.1. The quantitative estimate of drug-likeness (QED) is 0.852. The van der Waals surface area contributed by atoms with Crippen molar-refractivity contribution in [1.82, 2.24) is 9.88 Å². The Hall–Kier alpha value is -1.33. The molecule has 0 aliphatic carbocycles. The number of morpholine rings is 1. The van der Waals surface area contributed by atoms with E-state index in [1.165, 1.54) is 0 Å². The van der Waals surface area contributed by atoms with Gasteiger partial charge in [0, 0.05) is 25.7 Å². The van der Waals surface area contributed by atoms with Gasteiger partial charge in [0.15, 0.2) is 0 Å². The third kappa shape index (κ3) is 3.58. The molecule has 100 valence electrons. The molecule has 1 saturated heterocycles. The van der Waals surface area contributed by atoms with Gasteiger partial charge in [0.25, 0.3) is 0 Å². The molecular formula is C13H21N3O2. The Morgan fingerprint density at radius 1 is 1.56 bits per heavy atom. The minimum Gasteiger partial charge on any atom is -0.481 e. The number of methoxy groups -OCH3 is 1. The van der Waals surface area contributed by atoms with Crippen LogP contribution in [0.25, 0.3) is 0 Å². The fourth-order valence-corrected chi connectivity index (χ4v) is 2.03. The number of nitrogens with one attached hydrogen (secondary N) is 1. The number of rotatable bonds is 5. The Morgan fingerprint density at radius 2 is 2.44 bits per heavy atom. The van der Waals surface area contributed by atoms with Crippen LogP contribution in [0.5, 0.6) is 5.88 Å². The van der Waals surface area contributed by atoms with Gasteiger partial charge in [-0.2, -0.15) is 0 Å². The van der Waals surface area contributed by atoms with E-state index in [0.29, 0.717) is 5.88 Å². The zero-order valence-corrected chi connectivity index (χ0v) is 11.1. The maximum absolute atomic E-state index is 5.73. The standard InChI is InChI=1S/C13H21N3O2/c1-3-16-6-7-18-12(10-16)9-14-11-4-5-13(17-2)15-8-11/h4-5,8,12,14H,3,6-7,9-10H2,1-2H3. The predicted octanol–water partition coefficient (Wildman–Crippen LogP) is 1.22. The smallest absolute Gasteiger partial charge is 0.213 e. The number of nitrogens with zero attached hydrogens (tertiary/aromatic N) is 2. The summed E-state index contributed by atoms with van der Waals surface area (Å²) in [7, 11) is 1.62. The molecule has 1 aromatic rings. The second kappa shape index (κ2) is 6.56. The molecule has 1 aromatic heterocycles. The zero-order chi connectivity index (χ0) is 12.8. The Labute approximate surface area is 108 Å². The van der Waals surface area contributed by atoms with Gasteiger partial charge in [-0.15, -0.1) is 0 Å². The first-order chi connectivity index (χ1) is 8.81. The van der Waals surface area contributed by atoms with E-state index in [0.717, 1.165) is 38.5 Å². The topological polar surface area (TPSA) is 46.6 Å². The van der Waals surface area contributed by atoms with Crippen molar-refractivity contribution in [3.05, 3.63) is 18.3 Å². The molecule has 0 saturated carbocycles. The summed E-state index contributed by atoms with van der Waals surface area (Å²) in [5.41, 5.74) is 0.994. The molecule has 2 rings (SSSR count). The number of hydrogen-bond acceptors (Lipinski definition) is 5. The Bertz CT molecular complexity index is 356. The van der Waals surface area contributed by atoms with E-state index in [1.54, 1.807) is 13.3 Å². The maximum atomic E-state index is 5.73. The van der Waals surface area contributed by atoms with Crippen LogP contribution in [-0.4, -0.2) is 55.9 Å². The molecule has 0 amide bonds. The van der Waals surface area contributed by atoms with Crippen LogP contribution in [0, 0.1) is 0 Å². The molecule has 1 fully saturated rings. The molecule has 0 bridgehead atoms. The van der Waals surface area contributed by atoms with Crippen LogP contribution < -0.4 is 10.1 Å². The Balaban J connectivity index is 1.79. The van der Waals surface area contributed by atoms with Gasteiger partial charge < -0.3 is 14.8 Å². The lowest BCUT2D eigenvalue weighted by Crippen LogP contribution is -2.45. The van der Waals surface area contributed by atoms with E-state index >= 15 is 0 Å². The molecule has 1 aliphatic heterocycles. The molecule has 0 radical (unpaired) electrons. The highest BCUT2D eigenvalue weighted by Crippen LogP contribution is 2.12. The van der Waals surface area contributed by atoms with Gasteiger partial charge in [0.1, 0.15) is 0 Å². The third-order valence-corrected chi connectivity index (χ3v) is 3.15. The Morgan fingerprint density at radius 3 is 3.11 bits per heavy atom. The van der Waals surface area contributed by atoms with E-state index in [9.17, 15) is 0 Å². The van der Waals surface area contributed by atoms with Crippen LogP contribution in [0.4, 0.5) is 5.69 Å². The lowest BCUT2D eigenvalue weighted by molar-refractivity contribution is -0.0191. The SMILES string of the molecule is CCN1CCOC(CNc2ccc(OC)nc2)C1. The molecule has 0 aromatic carbocycles. The molecule has 1 N–H and O–H groups in total. The first-order valence-corrected chi connectivity index (χ1v) is 6.39. The van der Waals surface area contributed by atoms with Gasteiger partial charge in [-0.1, -0.05) is 6.92 Å². The largest absolute Gasteiger partial charge is 0.481 e. The summed E-state index contributed by atoms with van der Waals surface area (Å²) in [4.78, 5) is 6.56. The predicted molar refractivity (Wildman–Crippen MR) is 71.1 cm³/mol. The van der Waals surface area contributed by atoms with Gasteiger partial charge in [0.05, 0.1) is 31.7 Å². The van der Waals surface area contributed by atoms with Crippen LogP contribution in [0.2, 0.25) is 0 Å². The van der Waals surface area contributed by atoms with Crippen LogP contribution >= 0.6 is 0 Å². The number of anilines is 1. The summed E-state index contributed by atoms with van der Waals surface area (Å²) in [5, 5.41) is 3.34. The van der Waals surface area contributed by atoms with Crippen molar-refractivity contribution in [2.24, 2.45) is 0 Å². The second-order valence-corrected chi connectivity index (χ2v) is 4.36. The van der Waals surface area contributed by atoms with Crippen LogP contribution in [0.3, 0.4) is 0 Å². The van der Waals surface area contributed by atoms with E-state index in [-0.39, 0.29) is 6.10 Å². The maximum Gasteiger partial charge on any atom is 0.213 e. The first kappa shape index (κ1) is 13.1. The van der Waals surface area contributed by atoms with Gasteiger partial charge in [-0.05, 0) is 12.6 Å². The highest BCUT2D eigenvalue weighted by atomic mass is 16.5. The number of likely N-dealkylation sites (N-methyl/N-ethyl adjacent to an activating group) is 1. The fraction of sp³-hybridized carbons (Fsp3) is 0.615. The minimum atomic E-state index is 0.251. The highest BCUT2D eigenvalue weighted by Gasteiger charge is 2.18. The average Bonchev–Trinajstić information content (AvgIpc) is 2.46. The van der Waals surface area contributed by atoms with Crippen molar-refractivity contribution in [3.63, 3.8) is 0 Å². The molecule has 0 spiro atoms. The average molecular weight is 251 g/mol. The van der Waals surface area contributed by atoms with Gasteiger partial charge in [0.2, 0.25) is 5.88 Å². The number of pyridine rings is 1. The summed E-state index contributed by atoms with van der Waals surface area (Å²) in [6, 6.07) is 3.81. The van der Waals surface area contributed by atoms with Crippen molar-refractivity contribution >= 4 is 5.69 Å². The molecule has 1 aliphatic rings. The fourth-order valence-electron chi connectivity index (χ4n) is 2.03. The normalized spacial score (nSPS) is 20.7. The summed E-state index contributed by atoms with van der Waals surface area (Å²) in [6.07, 6.45) is 2.03. The van der Waals surface area contributed by atoms with Crippen LogP contribution in [0.1, 0.15) is 6.92 Å². The van der Waals surface area contributed by atoms with Crippen molar-refractivity contribution in [3.8, 4) is 5.88 Å². The number of ether oxygens (including phenoxy) is 2. The summed E-state index contributed by atoms with van der Waals surface area (Å²) in [6.45, 7) is 6.93.